The molecule has 3 N–H and O–H groups in total. The van der Waals surface area contributed by atoms with Crippen molar-refractivity contribution in [3.8, 4) is 0 Å². The third kappa shape index (κ3) is 3.68. The average Bonchev–Trinajstić information content (AvgIpc) is 3.34. The number of aryl methyl sites for hydroxylation is 1. The Hall–Kier alpha value is -1.95. The van der Waals surface area contributed by atoms with E-state index in [0.29, 0.717) is 24.6 Å². The molecule has 6 heteroatoms. The number of pyridine rings is 1. The highest BCUT2D eigenvalue weighted by Gasteiger charge is 2.30. The van der Waals surface area contributed by atoms with Crippen molar-refractivity contribution >= 4 is 16.9 Å². The van der Waals surface area contributed by atoms with Crippen LogP contribution in [0.4, 0.5) is 0 Å². The molecule has 0 unspecified atom stereocenters. The number of fused-ring (bicyclic) bond motifs is 1. The molecule has 0 bridgehead atoms. The monoisotopic (exact) mass is 343 g/mol. The fourth-order valence-corrected chi connectivity index (χ4v) is 3.11. The molecule has 0 atom stereocenters. The molecule has 2 aromatic rings. The van der Waals surface area contributed by atoms with E-state index in [2.05, 4.69) is 26.1 Å². The van der Waals surface area contributed by atoms with Gasteiger partial charge in [-0.05, 0) is 66.0 Å². The third-order valence-corrected chi connectivity index (χ3v) is 4.62. The number of nitrogens with one attached hydrogen (secondary N) is 1. The summed E-state index contributed by atoms with van der Waals surface area (Å²) in [4.78, 5) is 17.7. The van der Waals surface area contributed by atoms with Crippen LogP contribution in [0.25, 0.3) is 11.0 Å². The molecule has 1 aliphatic rings. The summed E-state index contributed by atoms with van der Waals surface area (Å²) in [6, 6.07) is 1.97. The normalized spacial score (nSPS) is 14.9. The van der Waals surface area contributed by atoms with E-state index in [4.69, 9.17) is 15.8 Å². The van der Waals surface area contributed by atoms with Gasteiger partial charge in [0.05, 0.1) is 22.2 Å². The second-order valence-electron chi connectivity index (χ2n) is 7.99. The van der Waals surface area contributed by atoms with E-state index in [0.717, 1.165) is 48.1 Å². The van der Waals surface area contributed by atoms with E-state index in [9.17, 15) is 4.79 Å². The molecule has 25 heavy (non-hydrogen) atoms. The molecule has 0 radical (unpaired) electrons. The highest BCUT2D eigenvalue weighted by atomic mass is 16.1. The largest absolute Gasteiger partial charge is 0.352 e. The number of nitrogens with two attached hydrogens (primary N) is 1. The molecule has 136 valence electrons. The van der Waals surface area contributed by atoms with Crippen LogP contribution >= 0.6 is 0 Å². The Balaban J connectivity index is 2.04. The van der Waals surface area contributed by atoms with Crippen LogP contribution in [0.3, 0.4) is 0 Å². The maximum atomic E-state index is 12.8. The number of amides is 1. The lowest BCUT2D eigenvalue weighted by Gasteiger charge is -2.20. The van der Waals surface area contributed by atoms with E-state index in [-0.39, 0.29) is 11.4 Å². The van der Waals surface area contributed by atoms with Crippen molar-refractivity contribution in [1.29, 1.82) is 0 Å². The number of unbranched alkanes of at least 4 members (excludes halogenated alkanes) is 1. The summed E-state index contributed by atoms with van der Waals surface area (Å²) in [6.45, 7) is 9.57. The predicted octanol–water partition coefficient (Wildman–Crippen LogP) is 2.84. The Morgan fingerprint density at radius 3 is 2.68 bits per heavy atom. The van der Waals surface area contributed by atoms with Gasteiger partial charge in [0.25, 0.3) is 5.91 Å². The molecule has 2 aromatic heterocycles. The molecule has 2 heterocycles. The van der Waals surface area contributed by atoms with Crippen LogP contribution in [0.15, 0.2) is 6.07 Å². The molecule has 0 aliphatic heterocycles. The number of nitrogens with zero attached hydrogens (tertiary/aromatic N) is 3. The van der Waals surface area contributed by atoms with Gasteiger partial charge in [-0.3, -0.25) is 4.79 Å². The lowest BCUT2D eigenvalue weighted by molar-refractivity contribution is 0.0954. The SMILES string of the molecule is Cc1nn(C(C)(C)C)c2nc(C3CC3)cc(C(=O)NCCCCN)c12. The molecule has 0 aromatic carbocycles. The van der Waals surface area contributed by atoms with Gasteiger partial charge in [0.15, 0.2) is 5.65 Å². The maximum Gasteiger partial charge on any atom is 0.252 e. The van der Waals surface area contributed by atoms with Crippen molar-refractivity contribution in [2.75, 3.05) is 13.1 Å². The van der Waals surface area contributed by atoms with Gasteiger partial charge in [0, 0.05) is 18.2 Å². The van der Waals surface area contributed by atoms with Crippen LogP contribution < -0.4 is 11.1 Å². The molecular weight excluding hydrogens is 314 g/mol. The van der Waals surface area contributed by atoms with Gasteiger partial charge < -0.3 is 11.1 Å². The van der Waals surface area contributed by atoms with Crippen molar-refractivity contribution in [3.05, 3.63) is 23.0 Å². The van der Waals surface area contributed by atoms with Crippen molar-refractivity contribution < 1.29 is 4.79 Å². The Morgan fingerprint density at radius 2 is 2.08 bits per heavy atom. The fraction of sp³-hybridized carbons (Fsp3) is 0.632. The first-order chi connectivity index (χ1) is 11.8. The zero-order valence-electron chi connectivity index (χ0n) is 15.7. The predicted molar refractivity (Wildman–Crippen MR) is 99.9 cm³/mol. The topological polar surface area (TPSA) is 85.8 Å². The summed E-state index contributed by atoms with van der Waals surface area (Å²) in [7, 11) is 0. The fourth-order valence-electron chi connectivity index (χ4n) is 3.11. The van der Waals surface area contributed by atoms with E-state index in [1.807, 2.05) is 17.7 Å². The highest BCUT2D eigenvalue weighted by molar-refractivity contribution is 6.06. The standard InChI is InChI=1S/C19H29N5O/c1-12-16-14(18(25)21-10-6-5-9-20)11-15(13-7-8-13)22-17(16)24(23-12)19(2,3)4/h11,13H,5-10,20H2,1-4H3,(H,21,25). The van der Waals surface area contributed by atoms with Crippen molar-refractivity contribution in [2.24, 2.45) is 5.73 Å². The molecule has 1 aliphatic carbocycles. The molecule has 1 fully saturated rings. The molecular formula is C19H29N5O. The number of carbonyl (C=O) groups is 1. The number of hydrogen-bond donors (Lipinski definition) is 2. The van der Waals surface area contributed by atoms with E-state index >= 15 is 0 Å². The number of aromatic nitrogens is 3. The first-order valence-corrected chi connectivity index (χ1v) is 9.22. The third-order valence-electron chi connectivity index (χ3n) is 4.62. The molecule has 3 rings (SSSR count). The minimum absolute atomic E-state index is 0.0390. The molecule has 1 saturated carbocycles. The first kappa shape index (κ1) is 17.9. The highest BCUT2D eigenvalue weighted by Crippen LogP contribution is 2.40. The smallest absolute Gasteiger partial charge is 0.252 e. The van der Waals surface area contributed by atoms with E-state index in [1.54, 1.807) is 0 Å². The van der Waals surface area contributed by atoms with Gasteiger partial charge >= 0.3 is 0 Å². The van der Waals surface area contributed by atoms with Gasteiger partial charge in [0.1, 0.15) is 0 Å². The molecule has 0 saturated heterocycles. The van der Waals surface area contributed by atoms with Crippen molar-refractivity contribution in [1.82, 2.24) is 20.1 Å². The van der Waals surface area contributed by atoms with Crippen LogP contribution in [-0.2, 0) is 5.54 Å². The summed E-state index contributed by atoms with van der Waals surface area (Å²) in [6.07, 6.45) is 4.12. The van der Waals surface area contributed by atoms with Gasteiger partial charge in [0.2, 0.25) is 0 Å². The summed E-state index contributed by atoms with van der Waals surface area (Å²) >= 11 is 0. The van der Waals surface area contributed by atoms with Crippen LogP contribution in [0.5, 0.6) is 0 Å². The molecule has 1 amide bonds. The summed E-state index contributed by atoms with van der Waals surface area (Å²) in [5.74, 6) is 0.444. The Morgan fingerprint density at radius 1 is 1.36 bits per heavy atom. The molecule has 0 spiro atoms. The zero-order chi connectivity index (χ0) is 18.2. The minimum atomic E-state index is -0.184. The van der Waals surface area contributed by atoms with Crippen molar-refractivity contribution in [2.45, 2.75) is 64.8 Å². The van der Waals surface area contributed by atoms with Crippen molar-refractivity contribution in [3.63, 3.8) is 0 Å². The van der Waals surface area contributed by atoms with Gasteiger partial charge in [-0.2, -0.15) is 5.10 Å². The average molecular weight is 343 g/mol. The number of carbonyl (C=O) groups excluding carboxylic acids is 1. The summed E-state index contributed by atoms with van der Waals surface area (Å²) in [5, 5.41) is 8.59. The quantitative estimate of drug-likeness (QED) is 0.790. The second kappa shape index (κ2) is 6.75. The van der Waals surface area contributed by atoms with Gasteiger partial charge in [-0.15, -0.1) is 0 Å². The van der Waals surface area contributed by atoms with E-state index in [1.165, 1.54) is 0 Å². The van der Waals surface area contributed by atoms with Gasteiger partial charge in [-0.1, -0.05) is 0 Å². The number of rotatable bonds is 6. The van der Waals surface area contributed by atoms with Crippen LogP contribution in [0.1, 0.15) is 74.1 Å². The first-order valence-electron chi connectivity index (χ1n) is 9.22. The Kier molecular flexibility index (Phi) is 4.82. The second-order valence-corrected chi connectivity index (χ2v) is 7.99. The van der Waals surface area contributed by atoms with E-state index < -0.39 is 0 Å². The lowest BCUT2D eigenvalue weighted by Crippen LogP contribution is -2.26. The molecule has 6 nitrogen and oxygen atoms in total. The van der Waals surface area contributed by atoms with Crippen LogP contribution in [0, 0.1) is 6.92 Å². The Labute approximate surface area is 149 Å². The zero-order valence-corrected chi connectivity index (χ0v) is 15.7. The Bertz CT molecular complexity index is 783. The lowest BCUT2D eigenvalue weighted by atomic mass is 10.1. The minimum Gasteiger partial charge on any atom is -0.352 e. The summed E-state index contributed by atoms with van der Waals surface area (Å²) < 4.78 is 1.95. The van der Waals surface area contributed by atoms with Crippen LogP contribution in [-0.4, -0.2) is 33.8 Å². The van der Waals surface area contributed by atoms with Gasteiger partial charge in [-0.25, -0.2) is 9.67 Å². The maximum absolute atomic E-state index is 12.8. The van der Waals surface area contributed by atoms with Crippen LogP contribution in [0.2, 0.25) is 0 Å². The number of hydrogen-bond acceptors (Lipinski definition) is 4. The summed E-state index contributed by atoms with van der Waals surface area (Å²) in [5.41, 5.74) is 8.73.